The van der Waals surface area contributed by atoms with Gasteiger partial charge >= 0.3 is 0 Å². The van der Waals surface area contributed by atoms with Crippen LogP contribution in [0.1, 0.15) is 273 Å². The standard InChI is InChI=1S/C47H84O2.C7H16O.C2H6S.C2H6/c1-9-10-11-12-13-14-15-16-17-18-19-20-21-22-23-33-43(7)48-45-37-42(6)46-44(38-45)34-36-47(8,49-46)35-25-24-29-40(4)31-27-32-41(5)30-26-28-39(2)3;1-2-3-4-5-6-7-8;1-3-2;1-2/h16-17,37-41,43H,9-15,18-36H2,1-8H3;8H,2-7H2,1H3;1-2H3;1-2H3/b17-16-;;;. The molecule has 4 unspecified atom stereocenters. The van der Waals surface area contributed by atoms with E-state index in [-0.39, 0.29) is 11.7 Å². The number of benzene rings is 1. The Kier molecular flexibility index (Phi) is 45.7. The van der Waals surface area contributed by atoms with Crippen molar-refractivity contribution in [2.75, 3.05) is 19.1 Å². The third-order valence-electron chi connectivity index (χ3n) is 12.6. The van der Waals surface area contributed by atoms with Gasteiger partial charge in [-0.2, -0.15) is 11.8 Å². The smallest absolute Gasteiger partial charge is 0.126 e. The van der Waals surface area contributed by atoms with Gasteiger partial charge in [0.2, 0.25) is 0 Å². The van der Waals surface area contributed by atoms with Crippen molar-refractivity contribution in [1.82, 2.24) is 0 Å². The summed E-state index contributed by atoms with van der Waals surface area (Å²) in [6, 6.07) is 4.49. The van der Waals surface area contributed by atoms with E-state index in [2.05, 4.69) is 86.6 Å². The van der Waals surface area contributed by atoms with Crippen LogP contribution in [0, 0.1) is 24.7 Å². The first-order valence-electron chi connectivity index (χ1n) is 27.1. The largest absolute Gasteiger partial charge is 0.491 e. The summed E-state index contributed by atoms with van der Waals surface area (Å²) >= 11 is 1.75. The van der Waals surface area contributed by atoms with Gasteiger partial charge in [-0.25, -0.2) is 0 Å². The second-order valence-corrected chi connectivity index (χ2v) is 20.7. The molecule has 0 bridgehead atoms. The van der Waals surface area contributed by atoms with E-state index in [4.69, 9.17) is 14.6 Å². The molecular formula is C58H112O3S. The van der Waals surface area contributed by atoms with Crippen LogP contribution in [0.4, 0.5) is 0 Å². The number of aliphatic hydroxyl groups excluding tert-OH is 1. The predicted molar refractivity (Wildman–Crippen MR) is 284 cm³/mol. The van der Waals surface area contributed by atoms with Crippen molar-refractivity contribution in [3.05, 3.63) is 35.4 Å². The Labute approximate surface area is 395 Å². The molecule has 0 fully saturated rings. The van der Waals surface area contributed by atoms with Crippen LogP contribution in [0.2, 0.25) is 0 Å². The molecule has 0 radical (unpaired) electrons. The molecule has 3 nitrogen and oxygen atoms in total. The summed E-state index contributed by atoms with van der Waals surface area (Å²) in [6.45, 7) is 25.3. The van der Waals surface area contributed by atoms with Crippen LogP contribution in [0.25, 0.3) is 0 Å². The number of aliphatic hydroxyl groups is 1. The first-order valence-corrected chi connectivity index (χ1v) is 28.7. The molecule has 4 heteroatoms. The fraction of sp³-hybridized carbons (Fsp3) is 0.862. The van der Waals surface area contributed by atoms with Crippen molar-refractivity contribution >= 4 is 11.8 Å². The number of hydrogen-bond acceptors (Lipinski definition) is 4. The van der Waals surface area contributed by atoms with Crippen LogP contribution < -0.4 is 9.47 Å². The van der Waals surface area contributed by atoms with E-state index in [1.807, 2.05) is 26.4 Å². The maximum Gasteiger partial charge on any atom is 0.126 e. The molecule has 0 aromatic heterocycles. The normalized spacial score (nSPS) is 15.9. The van der Waals surface area contributed by atoms with Crippen molar-refractivity contribution in [2.24, 2.45) is 17.8 Å². The summed E-state index contributed by atoms with van der Waals surface area (Å²) in [7, 11) is 0. The van der Waals surface area contributed by atoms with Crippen LogP contribution in [-0.4, -0.2) is 35.9 Å². The lowest BCUT2D eigenvalue weighted by Crippen LogP contribution is -2.36. The lowest BCUT2D eigenvalue weighted by Gasteiger charge is -2.37. The summed E-state index contributed by atoms with van der Waals surface area (Å²) in [5.74, 6) is 4.76. The van der Waals surface area contributed by atoms with E-state index >= 15 is 0 Å². The number of thioether (sulfide) groups is 1. The number of rotatable bonds is 35. The van der Waals surface area contributed by atoms with Gasteiger partial charge in [-0.05, 0) is 145 Å². The molecular weight excluding hydrogens is 777 g/mol. The Morgan fingerprint density at radius 3 is 1.65 bits per heavy atom. The number of unbranched alkanes of at least 4 members (excludes halogenated alkanes) is 16. The minimum Gasteiger partial charge on any atom is -0.491 e. The van der Waals surface area contributed by atoms with Crippen LogP contribution >= 0.6 is 11.8 Å². The summed E-state index contributed by atoms with van der Waals surface area (Å²) in [5, 5.41) is 8.37. The third kappa shape index (κ3) is 38.2. The maximum absolute atomic E-state index is 8.37. The number of ether oxygens (including phenoxy) is 2. The van der Waals surface area contributed by atoms with Crippen molar-refractivity contribution in [3.63, 3.8) is 0 Å². The second kappa shape index (κ2) is 45.0. The molecule has 0 spiro atoms. The summed E-state index contributed by atoms with van der Waals surface area (Å²) in [5.41, 5.74) is 2.54. The molecule has 4 atom stereocenters. The average Bonchev–Trinajstić information content (AvgIpc) is 3.24. The van der Waals surface area contributed by atoms with Gasteiger partial charge in [0.05, 0.1) is 6.10 Å². The van der Waals surface area contributed by atoms with Crippen molar-refractivity contribution < 1.29 is 14.6 Å². The molecule has 2 rings (SSSR count). The SMILES string of the molecule is CC.CCCCCCCC/C=C\CCCCCCCC(C)Oc1cc(C)c2c(c1)CCC(C)(CCCCC(C)CCCC(C)CCCC(C)C)O2.CCCCCCCO.CSC. The Hall–Kier alpha value is -1.13. The van der Waals surface area contributed by atoms with Crippen LogP contribution in [0.15, 0.2) is 24.3 Å². The monoisotopic (exact) mass is 889 g/mol. The van der Waals surface area contributed by atoms with E-state index in [9.17, 15) is 0 Å². The quantitative estimate of drug-likeness (QED) is 0.0544. The van der Waals surface area contributed by atoms with Gasteiger partial charge in [-0.1, -0.05) is 196 Å². The molecule has 1 aliphatic heterocycles. The number of allylic oxidation sites excluding steroid dienone is 2. The highest BCUT2D eigenvalue weighted by molar-refractivity contribution is 7.97. The first kappa shape index (κ1) is 63.0. The van der Waals surface area contributed by atoms with Gasteiger partial charge < -0.3 is 14.6 Å². The molecule has 0 amide bonds. The number of aryl methyl sites for hydroxylation is 2. The lowest BCUT2D eigenvalue weighted by atomic mass is 9.86. The van der Waals surface area contributed by atoms with Crippen molar-refractivity contribution in [3.8, 4) is 11.5 Å². The third-order valence-corrected chi connectivity index (χ3v) is 12.6. The fourth-order valence-electron chi connectivity index (χ4n) is 8.56. The topological polar surface area (TPSA) is 38.7 Å². The highest BCUT2D eigenvalue weighted by atomic mass is 32.2. The Balaban J connectivity index is 0. The molecule has 1 aromatic carbocycles. The fourth-order valence-corrected chi connectivity index (χ4v) is 8.56. The average molecular weight is 890 g/mol. The summed E-state index contributed by atoms with van der Waals surface area (Å²) in [4.78, 5) is 0. The first-order chi connectivity index (χ1) is 29.9. The molecule has 1 aliphatic rings. The number of hydrogen-bond donors (Lipinski definition) is 1. The molecule has 62 heavy (non-hydrogen) atoms. The van der Waals surface area contributed by atoms with Crippen molar-refractivity contribution in [1.29, 1.82) is 0 Å². The summed E-state index contributed by atoms with van der Waals surface area (Å²) in [6.07, 6.45) is 49.7. The summed E-state index contributed by atoms with van der Waals surface area (Å²) < 4.78 is 13.2. The lowest BCUT2D eigenvalue weighted by molar-refractivity contribution is 0.0520. The molecule has 368 valence electrons. The van der Waals surface area contributed by atoms with Gasteiger partial charge in [0.25, 0.3) is 0 Å². The Morgan fingerprint density at radius 2 is 1.11 bits per heavy atom. The molecule has 1 heterocycles. The van der Waals surface area contributed by atoms with E-state index in [0.29, 0.717) is 6.61 Å². The van der Waals surface area contributed by atoms with Gasteiger partial charge in [-0.3, -0.25) is 0 Å². The maximum atomic E-state index is 8.37. The van der Waals surface area contributed by atoms with E-state index in [1.165, 1.54) is 178 Å². The van der Waals surface area contributed by atoms with E-state index in [0.717, 1.165) is 61.4 Å². The van der Waals surface area contributed by atoms with Gasteiger partial charge in [0.15, 0.2) is 0 Å². The highest BCUT2D eigenvalue weighted by Crippen LogP contribution is 2.40. The van der Waals surface area contributed by atoms with E-state index in [1.54, 1.807) is 11.8 Å². The zero-order valence-corrected chi connectivity index (χ0v) is 45.2. The molecule has 0 saturated carbocycles. The minimum absolute atomic E-state index is 0.0358. The molecule has 0 aliphatic carbocycles. The van der Waals surface area contributed by atoms with Gasteiger partial charge in [-0.15, -0.1) is 0 Å². The molecule has 0 saturated heterocycles. The van der Waals surface area contributed by atoms with Crippen LogP contribution in [-0.2, 0) is 6.42 Å². The minimum atomic E-state index is -0.0358. The zero-order valence-electron chi connectivity index (χ0n) is 44.4. The number of fused-ring (bicyclic) bond motifs is 1. The van der Waals surface area contributed by atoms with Crippen LogP contribution in [0.5, 0.6) is 11.5 Å². The highest BCUT2D eigenvalue weighted by Gasteiger charge is 2.32. The van der Waals surface area contributed by atoms with Crippen molar-refractivity contribution in [2.45, 2.75) is 287 Å². The molecule has 1 aromatic rings. The molecule has 1 N–H and O–H groups in total. The van der Waals surface area contributed by atoms with Gasteiger partial charge in [0.1, 0.15) is 17.1 Å². The van der Waals surface area contributed by atoms with Crippen LogP contribution in [0.3, 0.4) is 0 Å². The van der Waals surface area contributed by atoms with E-state index < -0.39 is 0 Å². The van der Waals surface area contributed by atoms with Gasteiger partial charge in [0, 0.05) is 6.61 Å². The predicted octanol–water partition coefficient (Wildman–Crippen LogP) is 19.7. The Morgan fingerprint density at radius 1 is 0.645 bits per heavy atom. The Bertz CT molecular complexity index is 1090. The second-order valence-electron chi connectivity index (χ2n) is 19.8. The zero-order chi connectivity index (χ0) is 46.7.